The quantitative estimate of drug-likeness (QED) is 0.814. The molecule has 0 fully saturated rings. The van der Waals surface area contributed by atoms with Gasteiger partial charge in [0.2, 0.25) is 5.91 Å². The van der Waals surface area contributed by atoms with E-state index in [1.807, 2.05) is 5.32 Å². The predicted octanol–water partition coefficient (Wildman–Crippen LogP) is 2.74. The Labute approximate surface area is 146 Å². The zero-order valence-corrected chi connectivity index (χ0v) is 13.9. The van der Waals surface area contributed by atoms with Gasteiger partial charge in [-0.05, 0) is 24.6 Å². The van der Waals surface area contributed by atoms with Gasteiger partial charge in [-0.2, -0.15) is 13.2 Å². The van der Waals surface area contributed by atoms with E-state index in [2.05, 4.69) is 10.5 Å². The predicted molar refractivity (Wildman–Crippen MR) is 84.4 cm³/mol. The number of carbonyl (C=O) groups is 2. The first-order chi connectivity index (χ1) is 12.2. The number of ether oxygens (including phenoxy) is 1. The molecule has 0 aliphatic rings. The van der Waals surface area contributed by atoms with E-state index >= 15 is 0 Å². The number of anilines is 1. The fraction of sp³-hybridized carbons (Fsp3) is 0.312. The van der Waals surface area contributed by atoms with Crippen molar-refractivity contribution in [2.75, 3.05) is 12.4 Å². The van der Waals surface area contributed by atoms with Crippen LogP contribution in [-0.4, -0.2) is 30.3 Å². The molecule has 26 heavy (non-hydrogen) atoms. The third-order valence-electron chi connectivity index (χ3n) is 3.37. The fourth-order valence-corrected chi connectivity index (χ4v) is 2.13. The molecule has 1 heterocycles. The van der Waals surface area contributed by atoms with Gasteiger partial charge in [0, 0.05) is 6.07 Å². The van der Waals surface area contributed by atoms with E-state index in [1.165, 1.54) is 37.4 Å². The first-order valence-electron chi connectivity index (χ1n) is 7.44. The smallest absolute Gasteiger partial charge is 0.471 e. The van der Waals surface area contributed by atoms with E-state index in [-0.39, 0.29) is 5.82 Å². The highest BCUT2D eigenvalue weighted by atomic mass is 19.4. The van der Waals surface area contributed by atoms with Gasteiger partial charge in [-0.1, -0.05) is 17.3 Å². The maximum atomic E-state index is 12.6. The number of hydrogen-bond donors (Lipinski definition) is 2. The summed E-state index contributed by atoms with van der Waals surface area (Å²) in [5.41, 5.74) is 0.315. The largest absolute Gasteiger partial charge is 0.497 e. The number of hydrogen-bond acceptors (Lipinski definition) is 5. The van der Waals surface area contributed by atoms with Crippen molar-refractivity contribution < 1.29 is 32.0 Å². The Bertz CT molecular complexity index is 772. The van der Waals surface area contributed by atoms with Crippen molar-refractivity contribution in [1.29, 1.82) is 0 Å². The average molecular weight is 371 g/mol. The number of benzene rings is 1. The molecule has 0 saturated heterocycles. The third-order valence-corrected chi connectivity index (χ3v) is 3.37. The highest BCUT2D eigenvalue weighted by Gasteiger charge is 2.40. The van der Waals surface area contributed by atoms with Crippen molar-refractivity contribution in [3.63, 3.8) is 0 Å². The zero-order chi connectivity index (χ0) is 19.3. The summed E-state index contributed by atoms with van der Waals surface area (Å²) in [6, 6.07) is 6.22. The number of amides is 2. The van der Waals surface area contributed by atoms with Gasteiger partial charge < -0.3 is 19.9 Å². The SMILES string of the molecule is COc1ccc(C(CC(=O)Nc2cc(C)on2)NC(=O)C(F)(F)F)cc1. The second-order valence-corrected chi connectivity index (χ2v) is 5.37. The molecular weight excluding hydrogens is 355 g/mol. The van der Waals surface area contributed by atoms with Gasteiger partial charge >= 0.3 is 12.1 Å². The number of aryl methyl sites for hydroxylation is 1. The molecule has 1 unspecified atom stereocenters. The topological polar surface area (TPSA) is 93.5 Å². The maximum Gasteiger partial charge on any atom is 0.471 e. The summed E-state index contributed by atoms with van der Waals surface area (Å²) >= 11 is 0. The maximum absolute atomic E-state index is 12.6. The molecule has 0 aliphatic carbocycles. The molecule has 1 aromatic heterocycles. The fourth-order valence-electron chi connectivity index (χ4n) is 2.13. The Morgan fingerprint density at radius 3 is 2.42 bits per heavy atom. The Morgan fingerprint density at radius 1 is 1.27 bits per heavy atom. The van der Waals surface area contributed by atoms with Gasteiger partial charge in [-0.25, -0.2) is 0 Å². The van der Waals surface area contributed by atoms with Crippen molar-refractivity contribution in [2.24, 2.45) is 0 Å². The van der Waals surface area contributed by atoms with Crippen LogP contribution in [-0.2, 0) is 9.59 Å². The number of rotatable bonds is 6. The van der Waals surface area contributed by atoms with Crippen LogP contribution in [0.3, 0.4) is 0 Å². The lowest BCUT2D eigenvalue weighted by atomic mass is 10.0. The molecule has 1 aromatic carbocycles. The monoisotopic (exact) mass is 371 g/mol. The second-order valence-electron chi connectivity index (χ2n) is 5.37. The van der Waals surface area contributed by atoms with Crippen LogP contribution < -0.4 is 15.4 Å². The summed E-state index contributed by atoms with van der Waals surface area (Å²) in [5, 5.41) is 7.79. The Hall–Kier alpha value is -3.04. The molecule has 2 amide bonds. The first-order valence-corrected chi connectivity index (χ1v) is 7.44. The van der Waals surface area contributed by atoms with Crippen molar-refractivity contribution >= 4 is 17.6 Å². The van der Waals surface area contributed by atoms with Crippen LogP contribution >= 0.6 is 0 Å². The van der Waals surface area contributed by atoms with Crippen molar-refractivity contribution in [1.82, 2.24) is 10.5 Å². The Morgan fingerprint density at radius 2 is 1.92 bits per heavy atom. The lowest BCUT2D eigenvalue weighted by molar-refractivity contribution is -0.174. The standard InChI is InChI=1S/C16H16F3N3O4/c1-9-7-13(22-26-9)21-14(23)8-12(20-15(24)16(17,18)19)10-3-5-11(25-2)6-4-10/h3-7,12H,8H2,1-2H3,(H,20,24)(H,21,22,23). The summed E-state index contributed by atoms with van der Waals surface area (Å²) in [6.45, 7) is 1.62. The minimum atomic E-state index is -5.07. The van der Waals surface area contributed by atoms with E-state index in [9.17, 15) is 22.8 Å². The second kappa shape index (κ2) is 7.89. The number of nitrogens with zero attached hydrogens (tertiary/aromatic N) is 1. The first kappa shape index (κ1) is 19.3. The number of halogens is 3. The van der Waals surface area contributed by atoms with Crippen LogP contribution in [0, 0.1) is 6.92 Å². The molecule has 140 valence electrons. The third kappa shape index (κ3) is 5.23. The molecule has 2 rings (SSSR count). The molecule has 0 saturated carbocycles. The van der Waals surface area contributed by atoms with Gasteiger partial charge in [-0.3, -0.25) is 9.59 Å². The summed E-state index contributed by atoms with van der Waals surface area (Å²) in [5.74, 6) is -1.71. The summed E-state index contributed by atoms with van der Waals surface area (Å²) < 4.78 is 47.5. The van der Waals surface area contributed by atoms with Crippen LogP contribution in [0.5, 0.6) is 5.75 Å². The van der Waals surface area contributed by atoms with Crippen LogP contribution in [0.2, 0.25) is 0 Å². The number of alkyl halides is 3. The van der Waals surface area contributed by atoms with Crippen LogP contribution in [0.4, 0.5) is 19.0 Å². The van der Waals surface area contributed by atoms with E-state index in [0.29, 0.717) is 17.1 Å². The molecule has 10 heteroatoms. The summed E-state index contributed by atoms with van der Waals surface area (Å²) in [4.78, 5) is 23.4. The van der Waals surface area contributed by atoms with Crippen molar-refractivity contribution in [3.8, 4) is 5.75 Å². The number of carbonyl (C=O) groups excluding carboxylic acids is 2. The summed E-state index contributed by atoms with van der Waals surface area (Å²) in [6.07, 6.45) is -5.50. The van der Waals surface area contributed by atoms with Crippen LogP contribution in [0.15, 0.2) is 34.9 Å². The normalized spacial score (nSPS) is 12.3. The molecule has 0 aliphatic heterocycles. The van der Waals surface area contributed by atoms with E-state index in [0.717, 1.165) is 0 Å². The average Bonchev–Trinajstić information content (AvgIpc) is 2.98. The van der Waals surface area contributed by atoms with Gasteiger partial charge in [0.25, 0.3) is 0 Å². The van der Waals surface area contributed by atoms with E-state index in [1.54, 1.807) is 6.92 Å². The number of methoxy groups -OCH3 is 1. The molecule has 2 N–H and O–H groups in total. The highest BCUT2D eigenvalue weighted by Crippen LogP contribution is 2.24. The zero-order valence-electron chi connectivity index (χ0n) is 13.9. The van der Waals surface area contributed by atoms with E-state index < -0.39 is 30.5 Å². The number of nitrogens with one attached hydrogen (secondary N) is 2. The van der Waals surface area contributed by atoms with Gasteiger partial charge in [0.1, 0.15) is 11.5 Å². The lowest BCUT2D eigenvalue weighted by Crippen LogP contribution is -2.40. The molecule has 7 nitrogen and oxygen atoms in total. The summed E-state index contributed by atoms with van der Waals surface area (Å²) in [7, 11) is 1.44. The van der Waals surface area contributed by atoms with Crippen molar-refractivity contribution in [3.05, 3.63) is 41.7 Å². The van der Waals surface area contributed by atoms with Gasteiger partial charge in [0.05, 0.1) is 19.6 Å². The lowest BCUT2D eigenvalue weighted by Gasteiger charge is -2.20. The molecular formula is C16H16F3N3O4. The Kier molecular flexibility index (Phi) is 5.86. The molecule has 2 aromatic rings. The highest BCUT2D eigenvalue weighted by molar-refractivity contribution is 5.91. The Balaban J connectivity index is 2.15. The molecule has 0 bridgehead atoms. The molecule has 0 spiro atoms. The van der Waals surface area contributed by atoms with Gasteiger partial charge in [-0.15, -0.1) is 0 Å². The molecule has 0 radical (unpaired) electrons. The minimum absolute atomic E-state index is 0.128. The van der Waals surface area contributed by atoms with Crippen molar-refractivity contribution in [2.45, 2.75) is 25.6 Å². The van der Waals surface area contributed by atoms with E-state index in [4.69, 9.17) is 9.26 Å². The van der Waals surface area contributed by atoms with Gasteiger partial charge in [0.15, 0.2) is 5.82 Å². The minimum Gasteiger partial charge on any atom is -0.497 e. The van der Waals surface area contributed by atoms with Crippen LogP contribution in [0.1, 0.15) is 23.8 Å². The molecule has 1 atom stereocenters. The van der Waals surface area contributed by atoms with Crippen LogP contribution in [0.25, 0.3) is 0 Å². The number of aromatic nitrogens is 1.